The predicted molar refractivity (Wildman–Crippen MR) is 81.4 cm³/mol. The van der Waals surface area contributed by atoms with Crippen molar-refractivity contribution >= 4 is 11.6 Å². The van der Waals surface area contributed by atoms with Crippen LogP contribution in [-0.4, -0.2) is 43.9 Å². The number of halogens is 1. The summed E-state index contributed by atoms with van der Waals surface area (Å²) in [5.41, 5.74) is 7.29. The van der Waals surface area contributed by atoms with Crippen molar-refractivity contribution in [2.45, 2.75) is 32.0 Å². The number of hydrogen-bond donors (Lipinski definition) is 1. The van der Waals surface area contributed by atoms with Crippen LogP contribution >= 0.6 is 11.6 Å². The fraction of sp³-hybridized carbons (Fsp3) is 0.600. The Morgan fingerprint density at radius 3 is 2.85 bits per heavy atom. The van der Waals surface area contributed by atoms with Crippen molar-refractivity contribution in [3.8, 4) is 5.75 Å². The fourth-order valence-corrected chi connectivity index (χ4v) is 2.73. The van der Waals surface area contributed by atoms with Gasteiger partial charge in [0.05, 0.1) is 25.9 Å². The Morgan fingerprint density at radius 2 is 2.20 bits per heavy atom. The molecule has 5 heteroatoms. The highest BCUT2D eigenvalue weighted by atomic mass is 35.5. The number of hydrogen-bond acceptors (Lipinski definition) is 4. The highest BCUT2D eigenvalue weighted by molar-refractivity contribution is 6.30. The third-order valence-corrected chi connectivity index (χ3v) is 4.04. The van der Waals surface area contributed by atoms with E-state index in [1.54, 1.807) is 13.2 Å². The number of morpholine rings is 1. The first-order chi connectivity index (χ1) is 9.52. The minimum absolute atomic E-state index is 0.0430. The van der Waals surface area contributed by atoms with Crippen molar-refractivity contribution in [2.75, 3.05) is 26.8 Å². The first-order valence-corrected chi connectivity index (χ1v) is 7.35. The van der Waals surface area contributed by atoms with E-state index in [-0.39, 0.29) is 12.1 Å². The van der Waals surface area contributed by atoms with Gasteiger partial charge in [0.1, 0.15) is 5.75 Å². The van der Waals surface area contributed by atoms with Gasteiger partial charge in [0.15, 0.2) is 0 Å². The molecule has 1 aliphatic rings. The zero-order valence-corrected chi connectivity index (χ0v) is 13.1. The van der Waals surface area contributed by atoms with Crippen LogP contribution in [0.3, 0.4) is 0 Å². The third kappa shape index (κ3) is 3.44. The molecule has 0 amide bonds. The van der Waals surface area contributed by atoms with E-state index in [9.17, 15) is 0 Å². The van der Waals surface area contributed by atoms with Gasteiger partial charge in [0.2, 0.25) is 0 Å². The van der Waals surface area contributed by atoms with E-state index >= 15 is 0 Å². The van der Waals surface area contributed by atoms with E-state index in [2.05, 4.69) is 18.7 Å². The van der Waals surface area contributed by atoms with Crippen molar-refractivity contribution in [2.24, 2.45) is 5.73 Å². The molecule has 4 nitrogen and oxygen atoms in total. The second kappa shape index (κ2) is 6.76. The molecule has 1 aromatic rings. The first-order valence-electron chi connectivity index (χ1n) is 6.97. The quantitative estimate of drug-likeness (QED) is 0.927. The third-order valence-electron chi connectivity index (χ3n) is 3.81. The molecule has 2 unspecified atom stereocenters. The lowest BCUT2D eigenvalue weighted by atomic mass is 9.99. The summed E-state index contributed by atoms with van der Waals surface area (Å²) in [5, 5.41) is 0.660. The number of rotatable bonds is 4. The number of ether oxygens (including phenoxy) is 2. The summed E-state index contributed by atoms with van der Waals surface area (Å²) in [6.45, 7) is 6.86. The van der Waals surface area contributed by atoms with Gasteiger partial charge in [-0.05, 0) is 32.0 Å². The average Bonchev–Trinajstić information content (AvgIpc) is 2.46. The van der Waals surface area contributed by atoms with E-state index in [4.69, 9.17) is 26.8 Å². The van der Waals surface area contributed by atoms with Crippen LogP contribution in [0.2, 0.25) is 5.02 Å². The van der Waals surface area contributed by atoms with Crippen LogP contribution in [0.1, 0.15) is 25.5 Å². The average molecular weight is 299 g/mol. The molecule has 0 saturated carbocycles. The number of nitrogens with two attached hydrogens (primary N) is 1. The SMILES string of the molecule is COc1ccc(Cl)cc1C(N)C1CN(C(C)C)CCO1. The van der Waals surface area contributed by atoms with E-state index in [1.807, 2.05) is 12.1 Å². The molecule has 2 rings (SSSR count). The molecule has 1 aromatic carbocycles. The van der Waals surface area contributed by atoms with Crippen molar-refractivity contribution in [1.82, 2.24) is 4.90 Å². The smallest absolute Gasteiger partial charge is 0.123 e. The topological polar surface area (TPSA) is 47.7 Å². The Morgan fingerprint density at radius 1 is 1.45 bits per heavy atom. The van der Waals surface area contributed by atoms with Crippen molar-refractivity contribution in [3.05, 3.63) is 28.8 Å². The van der Waals surface area contributed by atoms with E-state index in [0.717, 1.165) is 24.4 Å². The number of nitrogens with zero attached hydrogens (tertiary/aromatic N) is 1. The molecule has 0 radical (unpaired) electrons. The van der Waals surface area contributed by atoms with Gasteiger partial charge in [-0.1, -0.05) is 11.6 Å². The first kappa shape index (κ1) is 15.6. The summed E-state index contributed by atoms with van der Waals surface area (Å²) in [5.74, 6) is 0.757. The number of benzene rings is 1. The van der Waals surface area contributed by atoms with Gasteiger partial charge >= 0.3 is 0 Å². The highest BCUT2D eigenvalue weighted by Crippen LogP contribution is 2.31. The van der Waals surface area contributed by atoms with Gasteiger partial charge in [-0.15, -0.1) is 0 Å². The maximum Gasteiger partial charge on any atom is 0.123 e. The zero-order chi connectivity index (χ0) is 14.7. The standard InChI is InChI=1S/C15H23ClN2O2/c1-10(2)18-6-7-20-14(9-18)15(17)12-8-11(16)4-5-13(12)19-3/h4-5,8,10,14-15H,6-7,9,17H2,1-3H3. The second-order valence-electron chi connectivity index (χ2n) is 5.41. The van der Waals surface area contributed by atoms with Crippen LogP contribution in [0.25, 0.3) is 0 Å². The maximum atomic E-state index is 6.39. The molecule has 1 aliphatic heterocycles. The molecule has 112 valence electrons. The Labute approximate surface area is 125 Å². The molecule has 0 bridgehead atoms. The molecule has 20 heavy (non-hydrogen) atoms. The Bertz CT molecular complexity index is 453. The van der Waals surface area contributed by atoms with E-state index in [1.165, 1.54) is 0 Å². The van der Waals surface area contributed by atoms with Gasteiger partial charge in [-0.25, -0.2) is 0 Å². The van der Waals surface area contributed by atoms with Crippen molar-refractivity contribution in [3.63, 3.8) is 0 Å². The minimum atomic E-state index is -0.245. The molecule has 1 saturated heterocycles. The largest absolute Gasteiger partial charge is 0.496 e. The van der Waals surface area contributed by atoms with Gasteiger partial charge in [-0.3, -0.25) is 4.90 Å². The van der Waals surface area contributed by atoms with Gasteiger partial charge in [-0.2, -0.15) is 0 Å². The normalized spacial score (nSPS) is 22.0. The van der Waals surface area contributed by atoms with Crippen LogP contribution in [0, 0.1) is 0 Å². The summed E-state index contributed by atoms with van der Waals surface area (Å²) < 4.78 is 11.2. The van der Waals surface area contributed by atoms with Crippen LogP contribution in [0.4, 0.5) is 0 Å². The fourth-order valence-electron chi connectivity index (χ4n) is 2.55. The van der Waals surface area contributed by atoms with Gasteiger partial charge in [0, 0.05) is 29.7 Å². The summed E-state index contributed by atoms with van der Waals surface area (Å²) in [6.07, 6.45) is -0.0430. The van der Waals surface area contributed by atoms with Crippen LogP contribution < -0.4 is 10.5 Å². The molecule has 0 aliphatic carbocycles. The monoisotopic (exact) mass is 298 g/mol. The molecule has 0 spiro atoms. The van der Waals surface area contributed by atoms with E-state index in [0.29, 0.717) is 17.7 Å². The van der Waals surface area contributed by atoms with Crippen molar-refractivity contribution < 1.29 is 9.47 Å². The molecule has 1 fully saturated rings. The minimum Gasteiger partial charge on any atom is -0.496 e. The highest BCUT2D eigenvalue weighted by Gasteiger charge is 2.29. The lowest BCUT2D eigenvalue weighted by Crippen LogP contribution is -2.49. The van der Waals surface area contributed by atoms with Gasteiger partial charge < -0.3 is 15.2 Å². The molecule has 0 aromatic heterocycles. The van der Waals surface area contributed by atoms with Crippen LogP contribution in [-0.2, 0) is 4.74 Å². The summed E-state index contributed by atoms with van der Waals surface area (Å²) in [4.78, 5) is 2.38. The Kier molecular flexibility index (Phi) is 5.27. The summed E-state index contributed by atoms with van der Waals surface area (Å²) in [6, 6.07) is 5.77. The van der Waals surface area contributed by atoms with Crippen LogP contribution in [0.5, 0.6) is 5.75 Å². The Balaban J connectivity index is 2.18. The summed E-state index contributed by atoms with van der Waals surface area (Å²) in [7, 11) is 1.64. The molecular formula is C15H23ClN2O2. The molecule has 1 heterocycles. The number of methoxy groups -OCH3 is 1. The Hall–Kier alpha value is -0.810. The van der Waals surface area contributed by atoms with Crippen molar-refractivity contribution in [1.29, 1.82) is 0 Å². The molecular weight excluding hydrogens is 276 g/mol. The van der Waals surface area contributed by atoms with E-state index < -0.39 is 0 Å². The summed E-state index contributed by atoms with van der Waals surface area (Å²) >= 11 is 6.07. The predicted octanol–water partition coefficient (Wildman–Crippen LogP) is 2.46. The van der Waals surface area contributed by atoms with Crippen LogP contribution in [0.15, 0.2) is 18.2 Å². The second-order valence-corrected chi connectivity index (χ2v) is 5.85. The lowest BCUT2D eigenvalue weighted by Gasteiger charge is -2.38. The lowest BCUT2D eigenvalue weighted by molar-refractivity contribution is -0.0505. The molecule has 2 N–H and O–H groups in total. The maximum absolute atomic E-state index is 6.39. The van der Waals surface area contributed by atoms with Gasteiger partial charge in [0.25, 0.3) is 0 Å². The zero-order valence-electron chi connectivity index (χ0n) is 12.3. The molecule has 2 atom stereocenters.